The van der Waals surface area contributed by atoms with Gasteiger partial charge in [0.1, 0.15) is 5.65 Å². The molecule has 3 aromatic rings. The SMILES string of the molecule is CN(C)CCNC(=O)C(=O)Nc1nn([C@H]2[C@@H]3CC4C[C@H]2C[C@@](O)(C4)C3)c2c1cnc1[nH]ccc12. The number of nitrogens with zero attached hydrogens (tertiary/aromatic N) is 4. The van der Waals surface area contributed by atoms with Crippen LogP contribution in [0.5, 0.6) is 0 Å². The van der Waals surface area contributed by atoms with Gasteiger partial charge in [0.2, 0.25) is 0 Å². The van der Waals surface area contributed by atoms with E-state index in [0.29, 0.717) is 42.0 Å². The van der Waals surface area contributed by atoms with Gasteiger partial charge in [-0.3, -0.25) is 14.3 Å². The second-order valence-corrected chi connectivity index (χ2v) is 10.8. The fourth-order valence-corrected chi connectivity index (χ4v) is 6.93. The zero-order chi connectivity index (χ0) is 23.6. The van der Waals surface area contributed by atoms with Gasteiger partial charge in [-0.15, -0.1) is 0 Å². The quantitative estimate of drug-likeness (QED) is 0.424. The molecule has 0 aliphatic heterocycles. The molecule has 4 bridgehead atoms. The number of hydrogen-bond donors (Lipinski definition) is 4. The molecule has 1 unspecified atom stereocenters. The predicted octanol–water partition coefficient (Wildman–Crippen LogP) is 1.64. The van der Waals surface area contributed by atoms with Gasteiger partial charge in [0.15, 0.2) is 5.82 Å². The van der Waals surface area contributed by atoms with Crippen LogP contribution in [0.3, 0.4) is 0 Å². The van der Waals surface area contributed by atoms with Crippen molar-refractivity contribution in [2.45, 2.75) is 43.7 Å². The molecular weight excluding hydrogens is 434 g/mol. The van der Waals surface area contributed by atoms with Crippen LogP contribution in [0.25, 0.3) is 21.9 Å². The molecular formula is C24H31N7O3. The Hall–Kier alpha value is -2.98. The molecule has 4 aliphatic carbocycles. The summed E-state index contributed by atoms with van der Waals surface area (Å²) in [4.78, 5) is 34.6. The number of carbonyl (C=O) groups excluding carboxylic acids is 2. The average Bonchev–Trinajstić information content (AvgIpc) is 3.36. The normalized spacial score (nSPS) is 29.9. The molecule has 0 radical (unpaired) electrons. The monoisotopic (exact) mass is 465 g/mol. The van der Waals surface area contributed by atoms with Crippen molar-refractivity contribution in [2.24, 2.45) is 17.8 Å². The Balaban J connectivity index is 1.36. The number of aromatic nitrogens is 4. The van der Waals surface area contributed by atoms with Crippen LogP contribution in [0.15, 0.2) is 18.5 Å². The van der Waals surface area contributed by atoms with Crippen LogP contribution >= 0.6 is 0 Å². The second-order valence-electron chi connectivity index (χ2n) is 10.8. The highest BCUT2D eigenvalue weighted by Gasteiger charge is 2.55. The van der Waals surface area contributed by atoms with E-state index in [1.807, 2.05) is 31.3 Å². The largest absolute Gasteiger partial charge is 0.390 e. The molecule has 5 atom stereocenters. The molecule has 180 valence electrons. The Labute approximate surface area is 197 Å². The van der Waals surface area contributed by atoms with Crippen molar-refractivity contribution in [3.05, 3.63) is 18.5 Å². The maximum Gasteiger partial charge on any atom is 0.314 e. The molecule has 4 N–H and O–H groups in total. The van der Waals surface area contributed by atoms with Crippen molar-refractivity contribution in [1.82, 2.24) is 30.0 Å². The molecule has 0 aromatic carbocycles. The number of aliphatic hydroxyl groups is 1. The summed E-state index contributed by atoms with van der Waals surface area (Å²) in [5.74, 6) is 0.208. The van der Waals surface area contributed by atoms with Gasteiger partial charge >= 0.3 is 11.8 Å². The number of rotatable bonds is 5. The van der Waals surface area contributed by atoms with Gasteiger partial charge < -0.3 is 25.6 Å². The summed E-state index contributed by atoms with van der Waals surface area (Å²) >= 11 is 0. The van der Waals surface area contributed by atoms with Gasteiger partial charge in [-0.2, -0.15) is 5.10 Å². The third-order valence-corrected chi connectivity index (χ3v) is 8.01. The molecule has 34 heavy (non-hydrogen) atoms. The molecule has 4 aliphatic rings. The summed E-state index contributed by atoms with van der Waals surface area (Å²) in [6.45, 7) is 1.03. The van der Waals surface area contributed by atoms with Crippen LogP contribution in [-0.4, -0.2) is 74.4 Å². The minimum Gasteiger partial charge on any atom is -0.390 e. The van der Waals surface area contributed by atoms with Crippen molar-refractivity contribution >= 4 is 39.6 Å². The Morgan fingerprint density at radius 3 is 2.68 bits per heavy atom. The minimum absolute atomic E-state index is 0.152. The second kappa shape index (κ2) is 7.78. The fraction of sp³-hybridized carbons (Fsp3) is 0.583. The van der Waals surface area contributed by atoms with Gasteiger partial charge in [0, 0.05) is 30.9 Å². The first-order valence-corrected chi connectivity index (χ1v) is 12.1. The first-order valence-electron chi connectivity index (χ1n) is 12.1. The molecule has 4 fully saturated rings. The Morgan fingerprint density at radius 2 is 1.97 bits per heavy atom. The molecule has 2 amide bonds. The lowest BCUT2D eigenvalue weighted by Crippen LogP contribution is -2.55. The molecule has 7 rings (SSSR count). The Bertz CT molecular complexity index is 1260. The van der Waals surface area contributed by atoms with Crippen LogP contribution in [0, 0.1) is 17.8 Å². The van der Waals surface area contributed by atoms with Gasteiger partial charge in [0.05, 0.1) is 22.5 Å². The summed E-state index contributed by atoms with van der Waals surface area (Å²) in [5.41, 5.74) is 1.14. The number of anilines is 1. The van der Waals surface area contributed by atoms with E-state index in [4.69, 9.17) is 5.10 Å². The number of carbonyl (C=O) groups is 2. The van der Waals surface area contributed by atoms with E-state index in [-0.39, 0.29) is 6.04 Å². The zero-order valence-electron chi connectivity index (χ0n) is 19.5. The summed E-state index contributed by atoms with van der Waals surface area (Å²) < 4.78 is 2.06. The summed E-state index contributed by atoms with van der Waals surface area (Å²) in [6.07, 6.45) is 8.27. The van der Waals surface area contributed by atoms with Crippen molar-refractivity contribution in [3.63, 3.8) is 0 Å². The number of H-pyrrole nitrogens is 1. The lowest BCUT2D eigenvalue weighted by molar-refractivity contribution is -0.148. The topological polar surface area (TPSA) is 128 Å². The minimum atomic E-state index is -0.737. The lowest BCUT2D eigenvalue weighted by Gasteiger charge is -2.57. The molecule has 3 aromatic heterocycles. The van der Waals surface area contributed by atoms with E-state index in [2.05, 4.69) is 25.3 Å². The molecule has 0 spiro atoms. The average molecular weight is 466 g/mol. The smallest absolute Gasteiger partial charge is 0.314 e. The van der Waals surface area contributed by atoms with E-state index in [1.165, 1.54) is 0 Å². The third-order valence-electron chi connectivity index (χ3n) is 8.01. The standard InChI is InChI=1S/C24H31N7O3/c1-30(2)6-5-26-22(32)23(33)28-21-17-12-27-20-16(3-4-25-20)19(17)31(29-21)18-14-7-13-8-15(18)11-24(34,9-13)10-14/h3-4,12-15,18,34H,5-11H2,1-2H3,(H,25,27)(H,26,32)(H,28,29,33)/t13?,14-,15+,18+,24-. The third kappa shape index (κ3) is 3.47. The Kier molecular flexibility index (Phi) is 4.93. The van der Waals surface area contributed by atoms with Crippen LogP contribution in [0.1, 0.15) is 38.1 Å². The van der Waals surface area contributed by atoms with E-state index < -0.39 is 17.4 Å². The maximum atomic E-state index is 12.7. The first kappa shape index (κ1) is 21.5. The highest BCUT2D eigenvalue weighted by atomic mass is 16.3. The maximum absolute atomic E-state index is 12.7. The van der Waals surface area contributed by atoms with Crippen LogP contribution in [-0.2, 0) is 9.59 Å². The summed E-state index contributed by atoms with van der Waals surface area (Å²) in [6, 6.07) is 2.13. The van der Waals surface area contributed by atoms with Gasteiger partial charge in [-0.1, -0.05) is 0 Å². The number of pyridine rings is 1. The van der Waals surface area contributed by atoms with Crippen molar-refractivity contribution in [2.75, 3.05) is 32.5 Å². The number of likely N-dealkylation sites (N-methyl/N-ethyl adjacent to an activating group) is 1. The molecule has 4 saturated carbocycles. The number of fused-ring (bicyclic) bond motifs is 3. The predicted molar refractivity (Wildman–Crippen MR) is 127 cm³/mol. The Morgan fingerprint density at radius 1 is 1.21 bits per heavy atom. The highest BCUT2D eigenvalue weighted by molar-refractivity contribution is 6.40. The number of hydrogen-bond acceptors (Lipinski definition) is 6. The van der Waals surface area contributed by atoms with Crippen molar-refractivity contribution in [3.8, 4) is 0 Å². The molecule has 10 heteroatoms. The van der Waals surface area contributed by atoms with E-state index in [9.17, 15) is 14.7 Å². The highest BCUT2D eigenvalue weighted by Crippen LogP contribution is 2.60. The fourth-order valence-electron chi connectivity index (χ4n) is 6.93. The van der Waals surface area contributed by atoms with Gasteiger partial charge in [-0.25, -0.2) is 4.98 Å². The van der Waals surface area contributed by atoms with Crippen LogP contribution in [0.2, 0.25) is 0 Å². The molecule has 3 heterocycles. The van der Waals surface area contributed by atoms with Gasteiger partial charge in [-0.05, 0) is 70.0 Å². The zero-order valence-corrected chi connectivity index (χ0v) is 19.5. The summed E-state index contributed by atoms with van der Waals surface area (Å²) in [7, 11) is 3.81. The first-order chi connectivity index (χ1) is 16.3. The van der Waals surface area contributed by atoms with Crippen molar-refractivity contribution in [1.29, 1.82) is 0 Å². The van der Waals surface area contributed by atoms with Crippen molar-refractivity contribution < 1.29 is 14.7 Å². The van der Waals surface area contributed by atoms with Crippen LogP contribution in [0.4, 0.5) is 5.82 Å². The molecule has 10 nitrogen and oxygen atoms in total. The van der Waals surface area contributed by atoms with Gasteiger partial charge in [0.25, 0.3) is 0 Å². The van der Waals surface area contributed by atoms with Crippen LogP contribution < -0.4 is 10.6 Å². The van der Waals surface area contributed by atoms with E-state index in [0.717, 1.165) is 48.7 Å². The van der Waals surface area contributed by atoms with E-state index in [1.54, 1.807) is 6.20 Å². The van der Waals surface area contributed by atoms with E-state index >= 15 is 0 Å². The lowest BCUT2D eigenvalue weighted by atomic mass is 9.52. The molecule has 0 saturated heterocycles. The number of nitrogens with one attached hydrogen (secondary N) is 3. The summed E-state index contributed by atoms with van der Waals surface area (Å²) in [5, 5.41) is 23.0. The number of amides is 2. The number of aromatic amines is 1.